The van der Waals surface area contributed by atoms with Crippen LogP contribution in [0.1, 0.15) is 213 Å². The lowest BCUT2D eigenvalue weighted by Gasteiger charge is -2.31. The fourth-order valence-electron chi connectivity index (χ4n) is 7.16. The van der Waals surface area contributed by atoms with Crippen molar-refractivity contribution in [3.05, 3.63) is 48.6 Å². The maximum atomic E-state index is 12.8. The number of quaternary nitrogens is 1. The smallest absolute Gasteiger partial charge is 0.362 e. The second-order valence-corrected chi connectivity index (χ2v) is 17.7. The third-order valence-electron chi connectivity index (χ3n) is 11.0. The maximum absolute atomic E-state index is 12.8. The summed E-state index contributed by atoms with van der Waals surface area (Å²) >= 11 is 0. The Morgan fingerprint density at radius 2 is 0.933 bits per heavy atom. The van der Waals surface area contributed by atoms with Gasteiger partial charge in [0.15, 0.2) is 12.1 Å². The van der Waals surface area contributed by atoms with Crippen molar-refractivity contribution in [2.75, 3.05) is 41.0 Å². The van der Waals surface area contributed by atoms with Gasteiger partial charge in [0.1, 0.15) is 6.61 Å². The molecule has 0 spiro atoms. The van der Waals surface area contributed by atoms with E-state index in [1.54, 1.807) is 0 Å². The van der Waals surface area contributed by atoms with Gasteiger partial charge < -0.3 is 23.8 Å². The average Bonchev–Trinajstić information content (AvgIpc) is 3.21. The first-order valence-corrected chi connectivity index (χ1v) is 24.7. The highest BCUT2D eigenvalue weighted by atomic mass is 16.6. The quantitative estimate of drug-likeness (QED) is 0.0282. The van der Waals surface area contributed by atoms with Crippen LogP contribution in [0.3, 0.4) is 0 Å². The van der Waals surface area contributed by atoms with Crippen LogP contribution in [0.4, 0.5) is 0 Å². The van der Waals surface area contributed by atoms with Gasteiger partial charge in [-0.1, -0.05) is 172 Å². The summed E-state index contributed by atoms with van der Waals surface area (Å²) in [5, 5.41) is 9.64. The van der Waals surface area contributed by atoms with Gasteiger partial charge in [-0.2, -0.15) is 0 Å². The van der Waals surface area contributed by atoms with Gasteiger partial charge in [0.25, 0.3) is 0 Å². The first-order chi connectivity index (χ1) is 29.1. The molecule has 2 unspecified atom stereocenters. The number of allylic oxidation sites excluding steroid dienone is 8. The zero-order valence-electron chi connectivity index (χ0n) is 39.7. The number of carboxylic acid groups (broad SMARTS) is 1. The van der Waals surface area contributed by atoms with Crippen LogP contribution >= 0.6 is 0 Å². The normalized spacial score (nSPS) is 13.3. The monoisotopic (exact) mass is 845 g/mol. The molecule has 348 valence electrons. The van der Waals surface area contributed by atoms with Crippen molar-refractivity contribution < 1.29 is 38.2 Å². The molecule has 0 heterocycles. The molecule has 0 saturated carbocycles. The lowest BCUT2D eigenvalue weighted by Crippen LogP contribution is -2.50. The van der Waals surface area contributed by atoms with Crippen LogP contribution in [-0.2, 0) is 28.6 Å². The van der Waals surface area contributed by atoms with E-state index in [-0.39, 0.29) is 36.2 Å². The minimum atomic E-state index is -0.876. The first-order valence-electron chi connectivity index (χ1n) is 24.7. The van der Waals surface area contributed by atoms with Crippen LogP contribution in [-0.4, -0.2) is 80.6 Å². The third-order valence-corrected chi connectivity index (χ3v) is 11.0. The molecule has 0 amide bonds. The van der Waals surface area contributed by atoms with E-state index in [0.717, 1.165) is 64.2 Å². The van der Waals surface area contributed by atoms with E-state index in [4.69, 9.17) is 14.2 Å². The second-order valence-electron chi connectivity index (χ2n) is 17.7. The Hall–Kier alpha value is -2.71. The number of hydrogen-bond donors (Lipinski definition) is 1. The lowest BCUT2D eigenvalue weighted by molar-refractivity contribution is -0.887. The summed E-state index contributed by atoms with van der Waals surface area (Å²) in [5.74, 6) is -1.47. The minimum Gasteiger partial charge on any atom is -0.477 e. The summed E-state index contributed by atoms with van der Waals surface area (Å²) in [6.07, 6.45) is 51.5. The maximum Gasteiger partial charge on any atom is 0.362 e. The SMILES string of the molecule is CC/C=C/C/C=C/C/C=C/CCCCCCCCCCCC(=O)OC(COCCC(C(=O)O)[N+](C)(C)C)COC(=O)CCCCCCCCC/C=C/CCCCCCCC. The molecule has 0 aromatic rings. The lowest BCUT2D eigenvalue weighted by atomic mass is 10.1. The molecule has 0 aromatic carbocycles. The fraction of sp³-hybridized carbons (Fsp3) is 0.788. The number of carbonyl (C=O) groups excluding carboxylic acids is 2. The van der Waals surface area contributed by atoms with Crippen LogP contribution in [0.2, 0.25) is 0 Å². The molecule has 1 N–H and O–H groups in total. The molecule has 0 aromatic heterocycles. The van der Waals surface area contributed by atoms with Crippen LogP contribution in [0.25, 0.3) is 0 Å². The molecule has 0 saturated heterocycles. The number of carbonyl (C=O) groups is 3. The number of aliphatic carboxylic acids is 1. The van der Waals surface area contributed by atoms with Gasteiger partial charge in [-0.05, 0) is 70.6 Å². The molecule has 0 rings (SSSR count). The van der Waals surface area contributed by atoms with E-state index in [1.165, 1.54) is 116 Å². The van der Waals surface area contributed by atoms with Crippen molar-refractivity contribution in [2.45, 2.75) is 225 Å². The van der Waals surface area contributed by atoms with E-state index >= 15 is 0 Å². The minimum absolute atomic E-state index is 0.0551. The number of hydrogen-bond acceptors (Lipinski definition) is 6. The Labute approximate surface area is 369 Å². The second kappa shape index (κ2) is 43.0. The summed E-state index contributed by atoms with van der Waals surface area (Å²) < 4.78 is 17.3. The zero-order valence-corrected chi connectivity index (χ0v) is 39.7. The fourth-order valence-corrected chi connectivity index (χ4v) is 7.16. The van der Waals surface area contributed by atoms with Crippen molar-refractivity contribution >= 4 is 17.9 Å². The number of nitrogens with zero attached hydrogens (tertiary/aromatic N) is 1. The Morgan fingerprint density at radius 3 is 1.40 bits per heavy atom. The summed E-state index contributed by atoms with van der Waals surface area (Å²) in [7, 11) is 5.53. The topological polar surface area (TPSA) is 99.1 Å². The van der Waals surface area contributed by atoms with E-state index in [2.05, 4.69) is 62.5 Å². The average molecular weight is 845 g/mol. The van der Waals surface area contributed by atoms with E-state index < -0.39 is 18.1 Å². The molecule has 0 aliphatic heterocycles. The Balaban J connectivity index is 4.28. The van der Waals surface area contributed by atoms with Crippen LogP contribution in [0.5, 0.6) is 0 Å². The molecule has 8 heteroatoms. The van der Waals surface area contributed by atoms with Crippen LogP contribution in [0, 0.1) is 0 Å². The first kappa shape index (κ1) is 57.3. The molecule has 0 radical (unpaired) electrons. The van der Waals surface area contributed by atoms with Crippen molar-refractivity contribution in [3.8, 4) is 0 Å². The molecule has 8 nitrogen and oxygen atoms in total. The predicted octanol–water partition coefficient (Wildman–Crippen LogP) is 14.0. The highest BCUT2D eigenvalue weighted by molar-refractivity contribution is 5.72. The summed E-state index contributed by atoms with van der Waals surface area (Å²) in [5.41, 5.74) is 0. The summed E-state index contributed by atoms with van der Waals surface area (Å²) in [6.45, 7) is 4.63. The number of esters is 2. The molecule has 0 aliphatic rings. The highest BCUT2D eigenvalue weighted by Gasteiger charge is 2.31. The molecule has 0 bridgehead atoms. The third kappa shape index (κ3) is 40.7. The standard InChI is InChI=1S/C52H93NO7/c1-6-8-10-12-14-16-18-20-22-24-25-27-29-31-33-35-37-39-41-43-51(55)60-48(46-58-45-44-49(52(56)57)53(3,4)5)47-59-50(54)42-40-38-36-34-32-30-28-26-23-21-19-17-15-13-11-9-7-2/h8,10,14,16,20-23,48-49H,6-7,9,11-13,15,17-19,24-47H2,1-5H3/p+1/b10-8+,16-14+,22-20+,23-21+. The van der Waals surface area contributed by atoms with Crippen LogP contribution < -0.4 is 0 Å². The van der Waals surface area contributed by atoms with Crippen molar-refractivity contribution in [2.24, 2.45) is 0 Å². The number of carboxylic acids is 1. The Morgan fingerprint density at radius 1 is 0.517 bits per heavy atom. The van der Waals surface area contributed by atoms with Crippen molar-refractivity contribution in [1.82, 2.24) is 0 Å². The Kier molecular flexibility index (Phi) is 41.0. The molecular formula is C52H94NO7+. The zero-order chi connectivity index (χ0) is 44.2. The molecule has 60 heavy (non-hydrogen) atoms. The van der Waals surface area contributed by atoms with Crippen molar-refractivity contribution in [1.29, 1.82) is 0 Å². The Bertz CT molecular complexity index is 1120. The number of likely N-dealkylation sites (N-methyl/N-ethyl adjacent to an activating group) is 1. The largest absolute Gasteiger partial charge is 0.477 e. The van der Waals surface area contributed by atoms with E-state index in [0.29, 0.717) is 19.3 Å². The number of ether oxygens (including phenoxy) is 3. The number of rotatable bonds is 44. The van der Waals surface area contributed by atoms with E-state index in [9.17, 15) is 19.5 Å². The predicted molar refractivity (Wildman–Crippen MR) is 252 cm³/mol. The van der Waals surface area contributed by atoms with Gasteiger partial charge in [-0.25, -0.2) is 4.79 Å². The van der Waals surface area contributed by atoms with E-state index in [1.807, 2.05) is 21.1 Å². The van der Waals surface area contributed by atoms with Gasteiger partial charge >= 0.3 is 17.9 Å². The molecule has 2 atom stereocenters. The van der Waals surface area contributed by atoms with Gasteiger partial charge in [-0.15, -0.1) is 0 Å². The number of unbranched alkanes of at least 4 members (excludes halogenated alkanes) is 22. The summed E-state index contributed by atoms with van der Waals surface area (Å²) in [6, 6.07) is -0.617. The summed E-state index contributed by atoms with van der Waals surface area (Å²) in [4.78, 5) is 37.1. The van der Waals surface area contributed by atoms with Crippen molar-refractivity contribution in [3.63, 3.8) is 0 Å². The molecular weight excluding hydrogens is 751 g/mol. The van der Waals surface area contributed by atoms with Gasteiger partial charge in [-0.3, -0.25) is 9.59 Å². The van der Waals surface area contributed by atoms with Gasteiger partial charge in [0.2, 0.25) is 0 Å². The molecule has 0 fully saturated rings. The van der Waals surface area contributed by atoms with Gasteiger partial charge in [0, 0.05) is 19.3 Å². The van der Waals surface area contributed by atoms with Crippen LogP contribution in [0.15, 0.2) is 48.6 Å². The molecule has 0 aliphatic carbocycles. The van der Waals surface area contributed by atoms with Gasteiger partial charge in [0.05, 0.1) is 34.4 Å². The highest BCUT2D eigenvalue weighted by Crippen LogP contribution is 2.15.